The maximum absolute atomic E-state index is 12.7. The molecular formula is C17H14N2O4. The number of nitro benzene ring substituents is 1. The fourth-order valence-electron chi connectivity index (χ4n) is 2.44. The van der Waals surface area contributed by atoms with Crippen molar-refractivity contribution in [3.8, 4) is 0 Å². The number of nitro groups is 1. The van der Waals surface area contributed by atoms with Crippen molar-refractivity contribution in [3.63, 3.8) is 0 Å². The summed E-state index contributed by atoms with van der Waals surface area (Å²) in [6, 6.07) is 11.2. The van der Waals surface area contributed by atoms with Crippen LogP contribution in [0.3, 0.4) is 0 Å². The molecule has 0 saturated heterocycles. The highest BCUT2D eigenvalue weighted by molar-refractivity contribution is 6.32. The number of hydrogen-bond acceptors (Lipinski definition) is 5. The zero-order valence-electron chi connectivity index (χ0n) is 12.6. The van der Waals surface area contributed by atoms with Gasteiger partial charge < -0.3 is 4.74 Å². The van der Waals surface area contributed by atoms with Crippen molar-refractivity contribution in [1.29, 1.82) is 0 Å². The lowest BCUT2D eigenvalue weighted by Crippen LogP contribution is -2.29. The summed E-state index contributed by atoms with van der Waals surface area (Å²) >= 11 is 0. The number of aromatic nitrogens is 1. The van der Waals surface area contributed by atoms with Crippen LogP contribution in [0, 0.1) is 10.1 Å². The largest absolute Gasteiger partial charge is 0.478 e. The number of rotatable bonds is 3. The van der Waals surface area contributed by atoms with Crippen molar-refractivity contribution in [2.24, 2.45) is 0 Å². The van der Waals surface area contributed by atoms with Crippen LogP contribution >= 0.6 is 0 Å². The second-order valence-corrected chi connectivity index (χ2v) is 5.66. The van der Waals surface area contributed by atoms with E-state index >= 15 is 0 Å². The average Bonchev–Trinajstić information content (AvgIpc) is 2.78. The van der Waals surface area contributed by atoms with Gasteiger partial charge in [-0.1, -0.05) is 6.07 Å². The van der Waals surface area contributed by atoms with Crippen molar-refractivity contribution in [1.82, 2.24) is 4.98 Å². The number of ether oxygens (including phenoxy) is 1. The van der Waals surface area contributed by atoms with E-state index in [0.29, 0.717) is 22.6 Å². The van der Waals surface area contributed by atoms with Gasteiger partial charge >= 0.3 is 0 Å². The molecule has 6 heteroatoms. The quantitative estimate of drug-likeness (QED) is 0.642. The predicted molar refractivity (Wildman–Crippen MR) is 84.3 cm³/mol. The van der Waals surface area contributed by atoms with Gasteiger partial charge in [0.15, 0.2) is 5.60 Å². The summed E-state index contributed by atoms with van der Waals surface area (Å²) in [5, 5.41) is 10.8. The fraction of sp³-hybridized carbons (Fsp3) is 0.176. The van der Waals surface area contributed by atoms with E-state index in [-0.39, 0.29) is 11.5 Å². The smallest absolute Gasteiger partial charge is 0.269 e. The first-order valence-corrected chi connectivity index (χ1v) is 7.04. The highest BCUT2D eigenvalue weighted by Gasteiger charge is 2.43. The third kappa shape index (κ3) is 2.59. The van der Waals surface area contributed by atoms with Gasteiger partial charge in [0.1, 0.15) is 5.76 Å². The molecule has 2 heterocycles. The number of carbonyl (C=O) groups is 1. The minimum Gasteiger partial charge on any atom is -0.478 e. The number of non-ortho nitro benzene ring substituents is 1. The molecule has 23 heavy (non-hydrogen) atoms. The fourth-order valence-corrected chi connectivity index (χ4v) is 2.44. The summed E-state index contributed by atoms with van der Waals surface area (Å²) < 4.78 is 5.83. The van der Waals surface area contributed by atoms with Crippen LogP contribution in [0.2, 0.25) is 0 Å². The van der Waals surface area contributed by atoms with Gasteiger partial charge in [0, 0.05) is 23.9 Å². The third-order valence-electron chi connectivity index (χ3n) is 3.62. The SMILES string of the molecule is CC1(C)OC(c2ccc([N+](=O)[O-])cc2)=C(c2ccccn2)C1=O. The Labute approximate surface area is 132 Å². The molecule has 6 nitrogen and oxygen atoms in total. The monoisotopic (exact) mass is 310 g/mol. The first-order valence-electron chi connectivity index (χ1n) is 7.04. The van der Waals surface area contributed by atoms with Crippen LogP contribution in [-0.2, 0) is 9.53 Å². The van der Waals surface area contributed by atoms with Gasteiger partial charge in [-0.25, -0.2) is 0 Å². The molecule has 0 spiro atoms. The zero-order valence-corrected chi connectivity index (χ0v) is 12.6. The molecule has 1 aromatic heterocycles. The van der Waals surface area contributed by atoms with Crippen molar-refractivity contribution in [2.45, 2.75) is 19.4 Å². The molecule has 0 bridgehead atoms. The second kappa shape index (κ2) is 5.31. The summed E-state index contributed by atoms with van der Waals surface area (Å²) in [7, 11) is 0. The number of carbonyl (C=O) groups excluding carboxylic acids is 1. The molecule has 0 unspecified atom stereocenters. The molecule has 2 aromatic rings. The van der Waals surface area contributed by atoms with E-state index in [1.54, 1.807) is 50.4 Å². The minimum absolute atomic E-state index is 0.0164. The van der Waals surface area contributed by atoms with Crippen LogP contribution in [0.5, 0.6) is 0 Å². The molecule has 0 aliphatic carbocycles. The van der Waals surface area contributed by atoms with Gasteiger partial charge in [-0.15, -0.1) is 0 Å². The van der Waals surface area contributed by atoms with Gasteiger partial charge in [-0.2, -0.15) is 0 Å². The Morgan fingerprint density at radius 2 is 1.83 bits per heavy atom. The number of nitrogens with zero attached hydrogens (tertiary/aromatic N) is 2. The summed E-state index contributed by atoms with van der Waals surface area (Å²) in [4.78, 5) is 27.2. The Morgan fingerprint density at radius 1 is 1.13 bits per heavy atom. The molecule has 0 saturated carbocycles. The van der Waals surface area contributed by atoms with Gasteiger partial charge in [0.2, 0.25) is 5.78 Å². The van der Waals surface area contributed by atoms with Gasteiger partial charge in [-0.05, 0) is 38.1 Å². The van der Waals surface area contributed by atoms with Crippen LogP contribution in [-0.4, -0.2) is 21.3 Å². The molecule has 0 fully saturated rings. The molecule has 0 N–H and O–H groups in total. The van der Waals surface area contributed by atoms with Crippen molar-refractivity contribution < 1.29 is 14.5 Å². The molecule has 116 valence electrons. The van der Waals surface area contributed by atoms with Crippen LogP contribution in [0.4, 0.5) is 5.69 Å². The summed E-state index contributed by atoms with van der Waals surface area (Å²) in [6.45, 7) is 3.38. The van der Waals surface area contributed by atoms with Crippen LogP contribution in [0.25, 0.3) is 11.3 Å². The number of pyridine rings is 1. The Bertz CT molecular complexity index is 808. The summed E-state index contributed by atoms with van der Waals surface area (Å²) in [5.41, 5.74) is 0.512. The van der Waals surface area contributed by atoms with E-state index in [9.17, 15) is 14.9 Å². The highest BCUT2D eigenvalue weighted by Crippen LogP contribution is 2.40. The minimum atomic E-state index is -0.996. The van der Waals surface area contributed by atoms with E-state index in [2.05, 4.69) is 4.98 Å². The molecule has 0 radical (unpaired) electrons. The Kier molecular flexibility index (Phi) is 3.44. The second-order valence-electron chi connectivity index (χ2n) is 5.66. The topological polar surface area (TPSA) is 82.3 Å². The highest BCUT2D eigenvalue weighted by atomic mass is 16.6. The lowest BCUT2D eigenvalue weighted by atomic mass is 9.95. The molecular weight excluding hydrogens is 296 g/mol. The van der Waals surface area contributed by atoms with Crippen molar-refractivity contribution in [3.05, 3.63) is 70.0 Å². The zero-order chi connectivity index (χ0) is 16.6. The van der Waals surface area contributed by atoms with Crippen LogP contribution in [0.1, 0.15) is 25.1 Å². The van der Waals surface area contributed by atoms with Crippen LogP contribution < -0.4 is 0 Å². The summed E-state index contributed by atoms with van der Waals surface area (Å²) in [5.74, 6) is 0.234. The van der Waals surface area contributed by atoms with Gasteiger partial charge in [0.25, 0.3) is 5.69 Å². The first kappa shape index (κ1) is 14.9. The Morgan fingerprint density at radius 3 is 2.39 bits per heavy atom. The molecule has 0 amide bonds. The van der Waals surface area contributed by atoms with Crippen LogP contribution in [0.15, 0.2) is 48.7 Å². The Hall–Kier alpha value is -3.02. The summed E-state index contributed by atoms with van der Waals surface area (Å²) in [6.07, 6.45) is 1.61. The predicted octanol–water partition coefficient (Wildman–Crippen LogP) is 3.24. The molecule has 1 aliphatic heterocycles. The van der Waals surface area contributed by atoms with E-state index in [0.717, 1.165) is 0 Å². The average molecular weight is 310 g/mol. The standard InChI is InChI=1S/C17H14N2O4/c1-17(2)16(20)14(13-5-3-4-10-18-13)15(23-17)11-6-8-12(9-7-11)19(21)22/h3-10H,1-2H3. The van der Waals surface area contributed by atoms with Crippen molar-refractivity contribution in [2.75, 3.05) is 0 Å². The third-order valence-corrected chi connectivity index (χ3v) is 3.62. The normalized spacial score (nSPS) is 16.3. The van der Waals surface area contributed by atoms with E-state index in [1.165, 1.54) is 12.1 Å². The first-order chi connectivity index (χ1) is 10.9. The molecule has 0 atom stereocenters. The lowest BCUT2D eigenvalue weighted by Gasteiger charge is -2.17. The number of benzene rings is 1. The molecule has 3 rings (SSSR count). The Balaban J connectivity index is 2.14. The van der Waals surface area contributed by atoms with Crippen molar-refractivity contribution >= 4 is 22.8 Å². The maximum atomic E-state index is 12.7. The number of Topliss-reactive ketones (excluding diaryl/α,β-unsaturated/α-hetero) is 1. The van der Waals surface area contributed by atoms with E-state index < -0.39 is 10.5 Å². The number of hydrogen-bond donors (Lipinski definition) is 0. The lowest BCUT2D eigenvalue weighted by molar-refractivity contribution is -0.384. The molecule has 1 aromatic carbocycles. The van der Waals surface area contributed by atoms with Gasteiger partial charge in [-0.3, -0.25) is 19.9 Å². The molecule has 1 aliphatic rings. The van der Waals surface area contributed by atoms with E-state index in [4.69, 9.17) is 4.74 Å². The van der Waals surface area contributed by atoms with E-state index in [1.807, 2.05) is 0 Å². The maximum Gasteiger partial charge on any atom is 0.269 e. The van der Waals surface area contributed by atoms with Gasteiger partial charge in [0.05, 0.1) is 16.2 Å². The number of ketones is 1.